The van der Waals surface area contributed by atoms with Crippen LogP contribution in [0.3, 0.4) is 0 Å². The highest BCUT2D eigenvalue weighted by Gasteiger charge is 2.12. The number of thiazole rings is 1. The van der Waals surface area contributed by atoms with Crippen LogP contribution in [0.15, 0.2) is 11.6 Å². The second kappa shape index (κ2) is 4.42. The fraction of sp³-hybridized carbons (Fsp3) is 0.222. The molecule has 0 saturated heterocycles. The molecule has 0 aliphatic heterocycles. The number of H-pyrrole nitrogens is 1. The lowest BCUT2D eigenvalue weighted by molar-refractivity contribution is 0.102. The molecule has 4 N–H and O–H groups in total. The Kier molecular flexibility index (Phi) is 2.97. The molecule has 2 aromatic heterocycles. The monoisotopic (exact) mass is 237 g/mol. The first-order valence-electron chi connectivity index (χ1n) is 4.66. The Morgan fingerprint density at radius 1 is 1.69 bits per heavy atom. The Bertz CT molecular complexity index is 503. The molecule has 1 amide bonds. The molecule has 0 bridgehead atoms. The number of aryl methyl sites for hydroxylation is 1. The second-order valence-corrected chi connectivity index (χ2v) is 4.16. The van der Waals surface area contributed by atoms with Crippen LogP contribution in [-0.4, -0.2) is 21.1 Å². The van der Waals surface area contributed by atoms with Crippen molar-refractivity contribution >= 4 is 23.1 Å². The van der Waals surface area contributed by atoms with Gasteiger partial charge in [0.05, 0.1) is 6.20 Å². The Hall–Kier alpha value is -1.73. The van der Waals surface area contributed by atoms with Gasteiger partial charge < -0.3 is 11.1 Å². The maximum Gasteiger partial charge on any atom is 0.276 e. The molecule has 7 heteroatoms. The SMILES string of the molecule is Cc1cn[nH]c1NC(=O)c1csc(CN)n1. The number of rotatable bonds is 3. The number of aromatic nitrogens is 3. The third kappa shape index (κ3) is 2.10. The maximum atomic E-state index is 11.7. The van der Waals surface area contributed by atoms with E-state index in [-0.39, 0.29) is 5.91 Å². The summed E-state index contributed by atoms with van der Waals surface area (Å²) in [6.07, 6.45) is 1.64. The van der Waals surface area contributed by atoms with Crippen molar-refractivity contribution in [2.75, 3.05) is 5.32 Å². The van der Waals surface area contributed by atoms with Crippen LogP contribution >= 0.6 is 11.3 Å². The molecule has 84 valence electrons. The third-order valence-corrected chi connectivity index (χ3v) is 2.90. The van der Waals surface area contributed by atoms with E-state index in [0.717, 1.165) is 10.6 Å². The van der Waals surface area contributed by atoms with Crippen LogP contribution < -0.4 is 11.1 Å². The van der Waals surface area contributed by atoms with E-state index >= 15 is 0 Å². The predicted octanol–water partition coefficient (Wildman–Crippen LogP) is 0.886. The average Bonchev–Trinajstić information content (AvgIpc) is 2.88. The molecule has 0 aromatic carbocycles. The molecule has 0 aliphatic rings. The van der Waals surface area contributed by atoms with Gasteiger partial charge in [0.2, 0.25) is 0 Å². The molecular weight excluding hydrogens is 226 g/mol. The molecule has 2 rings (SSSR count). The van der Waals surface area contributed by atoms with E-state index in [4.69, 9.17) is 5.73 Å². The van der Waals surface area contributed by atoms with Gasteiger partial charge in [-0.3, -0.25) is 9.89 Å². The van der Waals surface area contributed by atoms with E-state index in [1.165, 1.54) is 11.3 Å². The molecule has 0 aliphatic carbocycles. The molecule has 2 heterocycles. The smallest absolute Gasteiger partial charge is 0.276 e. The number of nitrogens with two attached hydrogens (primary N) is 1. The van der Waals surface area contributed by atoms with Gasteiger partial charge in [-0.2, -0.15) is 5.10 Å². The zero-order chi connectivity index (χ0) is 11.5. The minimum atomic E-state index is -0.261. The Labute approximate surface area is 95.9 Å². The van der Waals surface area contributed by atoms with Crippen LogP contribution in [-0.2, 0) is 6.54 Å². The van der Waals surface area contributed by atoms with Crippen molar-refractivity contribution in [3.63, 3.8) is 0 Å². The number of carbonyl (C=O) groups is 1. The highest BCUT2D eigenvalue weighted by molar-refractivity contribution is 7.09. The van der Waals surface area contributed by atoms with Gasteiger partial charge in [0.15, 0.2) is 0 Å². The lowest BCUT2D eigenvalue weighted by Crippen LogP contribution is -2.13. The topological polar surface area (TPSA) is 96.7 Å². The van der Waals surface area contributed by atoms with Crippen molar-refractivity contribution in [3.8, 4) is 0 Å². The van der Waals surface area contributed by atoms with E-state index in [2.05, 4.69) is 20.5 Å². The van der Waals surface area contributed by atoms with Gasteiger partial charge >= 0.3 is 0 Å². The highest BCUT2D eigenvalue weighted by Crippen LogP contribution is 2.13. The van der Waals surface area contributed by atoms with E-state index in [1.54, 1.807) is 11.6 Å². The molecule has 6 nitrogen and oxygen atoms in total. The Morgan fingerprint density at radius 2 is 2.50 bits per heavy atom. The van der Waals surface area contributed by atoms with E-state index in [1.807, 2.05) is 6.92 Å². The molecule has 2 aromatic rings. The summed E-state index contributed by atoms with van der Waals surface area (Å²) in [5, 5.41) is 11.6. The Morgan fingerprint density at radius 3 is 3.06 bits per heavy atom. The number of amides is 1. The van der Waals surface area contributed by atoms with Crippen molar-refractivity contribution in [1.29, 1.82) is 0 Å². The lowest BCUT2D eigenvalue weighted by atomic mass is 10.3. The van der Waals surface area contributed by atoms with Crippen molar-refractivity contribution in [3.05, 3.63) is 27.8 Å². The Balaban J connectivity index is 2.11. The summed E-state index contributed by atoms with van der Waals surface area (Å²) in [4.78, 5) is 15.8. The number of nitrogens with zero attached hydrogens (tertiary/aromatic N) is 2. The number of hydrogen-bond donors (Lipinski definition) is 3. The van der Waals surface area contributed by atoms with Gasteiger partial charge in [-0.1, -0.05) is 0 Å². The predicted molar refractivity (Wildman–Crippen MR) is 61.3 cm³/mol. The highest BCUT2D eigenvalue weighted by atomic mass is 32.1. The number of aromatic amines is 1. The van der Waals surface area contributed by atoms with Crippen molar-refractivity contribution in [1.82, 2.24) is 15.2 Å². The maximum absolute atomic E-state index is 11.7. The normalized spacial score (nSPS) is 10.4. The van der Waals surface area contributed by atoms with Crippen LogP contribution in [0, 0.1) is 6.92 Å². The fourth-order valence-corrected chi connectivity index (χ4v) is 1.81. The zero-order valence-electron chi connectivity index (χ0n) is 8.65. The summed E-state index contributed by atoms with van der Waals surface area (Å²) in [5.74, 6) is 0.329. The van der Waals surface area contributed by atoms with Gasteiger partial charge in [-0.05, 0) is 6.92 Å². The summed E-state index contributed by atoms with van der Waals surface area (Å²) in [5.41, 5.74) is 6.68. The van der Waals surface area contributed by atoms with E-state index in [0.29, 0.717) is 18.1 Å². The first-order valence-corrected chi connectivity index (χ1v) is 5.54. The molecule has 16 heavy (non-hydrogen) atoms. The van der Waals surface area contributed by atoms with Crippen LogP contribution in [0.1, 0.15) is 21.1 Å². The average molecular weight is 237 g/mol. The first-order chi connectivity index (χ1) is 7.70. The van der Waals surface area contributed by atoms with Crippen molar-refractivity contribution < 1.29 is 4.79 Å². The van der Waals surface area contributed by atoms with Crippen LogP contribution in [0.4, 0.5) is 5.82 Å². The molecular formula is C9H11N5OS. The third-order valence-electron chi connectivity index (χ3n) is 2.03. The molecule has 0 spiro atoms. The summed E-state index contributed by atoms with van der Waals surface area (Å²) < 4.78 is 0. The van der Waals surface area contributed by atoms with Crippen molar-refractivity contribution in [2.24, 2.45) is 5.73 Å². The molecule has 0 saturated carbocycles. The summed E-state index contributed by atoms with van der Waals surface area (Å²) in [6.45, 7) is 2.20. The molecule has 0 unspecified atom stereocenters. The van der Waals surface area contributed by atoms with Gasteiger partial charge in [0, 0.05) is 17.5 Å². The largest absolute Gasteiger partial charge is 0.325 e. The molecule has 0 atom stereocenters. The van der Waals surface area contributed by atoms with Gasteiger partial charge in [-0.15, -0.1) is 11.3 Å². The standard InChI is InChI=1S/C9H11N5OS/c1-5-3-11-14-8(5)13-9(15)6-4-16-7(2-10)12-6/h3-4H,2,10H2,1H3,(H2,11,13,14,15). The van der Waals surface area contributed by atoms with Crippen molar-refractivity contribution in [2.45, 2.75) is 13.5 Å². The summed E-state index contributed by atoms with van der Waals surface area (Å²) >= 11 is 1.37. The van der Waals surface area contributed by atoms with Gasteiger partial charge in [0.25, 0.3) is 5.91 Å². The number of hydrogen-bond acceptors (Lipinski definition) is 5. The minimum absolute atomic E-state index is 0.261. The molecule has 0 fully saturated rings. The quantitative estimate of drug-likeness (QED) is 0.738. The zero-order valence-corrected chi connectivity index (χ0v) is 9.47. The number of anilines is 1. The van der Waals surface area contributed by atoms with E-state index < -0.39 is 0 Å². The van der Waals surface area contributed by atoms with E-state index in [9.17, 15) is 4.79 Å². The van der Waals surface area contributed by atoms with Crippen LogP contribution in [0.2, 0.25) is 0 Å². The van der Waals surface area contributed by atoms with Gasteiger partial charge in [-0.25, -0.2) is 4.98 Å². The first kappa shape index (κ1) is 10.8. The summed E-state index contributed by atoms with van der Waals surface area (Å²) in [7, 11) is 0. The fourth-order valence-electron chi connectivity index (χ4n) is 1.16. The van der Waals surface area contributed by atoms with Crippen LogP contribution in [0.25, 0.3) is 0 Å². The van der Waals surface area contributed by atoms with Gasteiger partial charge in [0.1, 0.15) is 16.5 Å². The second-order valence-electron chi connectivity index (χ2n) is 3.21. The summed E-state index contributed by atoms with van der Waals surface area (Å²) in [6, 6.07) is 0. The lowest BCUT2D eigenvalue weighted by Gasteiger charge is -2.00. The molecule has 0 radical (unpaired) electrons. The van der Waals surface area contributed by atoms with Crippen LogP contribution in [0.5, 0.6) is 0 Å². The number of nitrogens with one attached hydrogen (secondary N) is 2. The number of carbonyl (C=O) groups excluding carboxylic acids is 1. The minimum Gasteiger partial charge on any atom is -0.325 e.